The highest BCUT2D eigenvalue weighted by molar-refractivity contribution is 4.68. The van der Waals surface area contributed by atoms with Crippen LogP contribution in [0.15, 0.2) is 0 Å². The molecule has 0 aromatic rings. The first kappa shape index (κ1) is 12.0. The van der Waals surface area contributed by atoms with Crippen LogP contribution in [0, 0.1) is 5.92 Å². The maximum Gasteiger partial charge on any atom is 0.0662 e. The second-order valence-corrected chi connectivity index (χ2v) is 4.58. The zero-order valence-electron chi connectivity index (χ0n) is 9.47. The normalized spacial score (nSPS) is 21.9. The summed E-state index contributed by atoms with van der Waals surface area (Å²) in [6.07, 6.45) is 9.14. The summed E-state index contributed by atoms with van der Waals surface area (Å²) < 4.78 is 0. The number of rotatable bonds is 5. The topological polar surface area (TPSA) is 32.3 Å². The van der Waals surface area contributed by atoms with E-state index in [2.05, 4.69) is 5.32 Å². The Morgan fingerprint density at radius 3 is 2.43 bits per heavy atom. The second kappa shape index (κ2) is 7.24. The molecule has 84 valence electrons. The van der Waals surface area contributed by atoms with Gasteiger partial charge >= 0.3 is 0 Å². The van der Waals surface area contributed by atoms with Crippen molar-refractivity contribution in [2.24, 2.45) is 5.92 Å². The van der Waals surface area contributed by atoms with E-state index in [-0.39, 0.29) is 6.10 Å². The molecule has 2 heteroatoms. The average molecular weight is 199 g/mol. The van der Waals surface area contributed by atoms with Gasteiger partial charge in [-0.25, -0.2) is 0 Å². The van der Waals surface area contributed by atoms with Gasteiger partial charge in [-0.1, -0.05) is 32.6 Å². The molecule has 1 rings (SSSR count). The SMILES string of the molecule is CCC(O)CNCC1CCCCCC1. The summed E-state index contributed by atoms with van der Waals surface area (Å²) in [7, 11) is 0. The zero-order valence-corrected chi connectivity index (χ0v) is 9.47. The van der Waals surface area contributed by atoms with Gasteiger partial charge in [-0.15, -0.1) is 0 Å². The van der Waals surface area contributed by atoms with Gasteiger partial charge in [0.15, 0.2) is 0 Å². The van der Waals surface area contributed by atoms with Gasteiger partial charge < -0.3 is 10.4 Å². The first-order valence-corrected chi connectivity index (χ1v) is 6.21. The molecule has 0 radical (unpaired) electrons. The lowest BCUT2D eigenvalue weighted by Crippen LogP contribution is -2.30. The summed E-state index contributed by atoms with van der Waals surface area (Å²) in [6, 6.07) is 0. The van der Waals surface area contributed by atoms with Crippen molar-refractivity contribution in [2.45, 2.75) is 58.0 Å². The van der Waals surface area contributed by atoms with E-state index in [1.54, 1.807) is 0 Å². The minimum Gasteiger partial charge on any atom is -0.392 e. The van der Waals surface area contributed by atoms with Gasteiger partial charge in [0.25, 0.3) is 0 Å². The van der Waals surface area contributed by atoms with Crippen LogP contribution in [0.1, 0.15) is 51.9 Å². The quantitative estimate of drug-likeness (QED) is 0.666. The van der Waals surface area contributed by atoms with Crippen molar-refractivity contribution in [3.63, 3.8) is 0 Å². The highest BCUT2D eigenvalue weighted by atomic mass is 16.3. The number of aliphatic hydroxyl groups excluding tert-OH is 1. The summed E-state index contributed by atoms with van der Waals surface area (Å²) in [4.78, 5) is 0. The van der Waals surface area contributed by atoms with Crippen LogP contribution in [-0.2, 0) is 0 Å². The first-order chi connectivity index (χ1) is 6.83. The van der Waals surface area contributed by atoms with E-state index in [0.29, 0.717) is 0 Å². The van der Waals surface area contributed by atoms with Gasteiger partial charge in [0, 0.05) is 6.54 Å². The van der Waals surface area contributed by atoms with Gasteiger partial charge in [0.05, 0.1) is 6.10 Å². The molecule has 0 aliphatic heterocycles. The Balaban J connectivity index is 2.04. The van der Waals surface area contributed by atoms with E-state index in [9.17, 15) is 5.11 Å². The van der Waals surface area contributed by atoms with Crippen molar-refractivity contribution in [3.05, 3.63) is 0 Å². The van der Waals surface area contributed by atoms with Crippen LogP contribution in [0.5, 0.6) is 0 Å². The van der Waals surface area contributed by atoms with Crippen LogP contribution >= 0.6 is 0 Å². The molecule has 1 aliphatic carbocycles. The molecule has 2 N–H and O–H groups in total. The van der Waals surface area contributed by atoms with Gasteiger partial charge in [-0.2, -0.15) is 0 Å². The minimum atomic E-state index is -0.152. The average Bonchev–Trinajstić information content (AvgIpc) is 2.46. The fourth-order valence-corrected chi connectivity index (χ4v) is 2.17. The predicted octanol–water partition coefficient (Wildman–Crippen LogP) is 2.32. The Kier molecular flexibility index (Phi) is 6.20. The molecule has 1 atom stereocenters. The highest BCUT2D eigenvalue weighted by Crippen LogP contribution is 2.21. The first-order valence-electron chi connectivity index (χ1n) is 6.21. The zero-order chi connectivity index (χ0) is 10.2. The molecule has 1 unspecified atom stereocenters. The van der Waals surface area contributed by atoms with Gasteiger partial charge in [0.2, 0.25) is 0 Å². The number of nitrogens with one attached hydrogen (secondary N) is 1. The largest absolute Gasteiger partial charge is 0.392 e. The van der Waals surface area contributed by atoms with Crippen molar-refractivity contribution >= 4 is 0 Å². The van der Waals surface area contributed by atoms with Crippen molar-refractivity contribution in [1.29, 1.82) is 0 Å². The molecule has 0 aromatic carbocycles. The van der Waals surface area contributed by atoms with Gasteiger partial charge in [-0.05, 0) is 31.7 Å². The molecule has 0 saturated heterocycles. The number of hydrogen-bond acceptors (Lipinski definition) is 2. The van der Waals surface area contributed by atoms with Crippen molar-refractivity contribution < 1.29 is 5.11 Å². The van der Waals surface area contributed by atoms with Crippen LogP contribution in [0.25, 0.3) is 0 Å². The standard InChI is InChI=1S/C12H25NO/c1-2-12(14)10-13-9-11-7-5-3-4-6-8-11/h11-14H,2-10H2,1H3. The van der Waals surface area contributed by atoms with Crippen LogP contribution < -0.4 is 5.32 Å². The van der Waals surface area contributed by atoms with Crippen LogP contribution in [0.2, 0.25) is 0 Å². The summed E-state index contributed by atoms with van der Waals surface area (Å²) >= 11 is 0. The molecule has 0 aromatic heterocycles. The fourth-order valence-electron chi connectivity index (χ4n) is 2.17. The lowest BCUT2D eigenvalue weighted by molar-refractivity contribution is 0.165. The Labute approximate surface area is 88.1 Å². The Hall–Kier alpha value is -0.0800. The van der Waals surface area contributed by atoms with Crippen LogP contribution in [0.4, 0.5) is 0 Å². The summed E-state index contributed by atoms with van der Waals surface area (Å²) in [5, 5.41) is 12.8. The molecule has 2 nitrogen and oxygen atoms in total. The van der Waals surface area contributed by atoms with Crippen LogP contribution in [-0.4, -0.2) is 24.3 Å². The van der Waals surface area contributed by atoms with Gasteiger partial charge in [0.1, 0.15) is 0 Å². The van der Waals surface area contributed by atoms with Crippen molar-refractivity contribution in [3.8, 4) is 0 Å². The van der Waals surface area contributed by atoms with Crippen molar-refractivity contribution in [1.82, 2.24) is 5.32 Å². The third kappa shape index (κ3) is 4.97. The molecule has 0 heterocycles. The minimum absolute atomic E-state index is 0.152. The Bertz CT molecular complexity index is 130. The van der Waals surface area contributed by atoms with Crippen LogP contribution in [0.3, 0.4) is 0 Å². The molecule has 1 fully saturated rings. The molecule has 0 spiro atoms. The van der Waals surface area contributed by atoms with E-state index in [0.717, 1.165) is 25.4 Å². The molecule has 0 bridgehead atoms. The van der Waals surface area contributed by atoms with E-state index in [4.69, 9.17) is 0 Å². The lowest BCUT2D eigenvalue weighted by Gasteiger charge is -2.16. The van der Waals surface area contributed by atoms with E-state index < -0.39 is 0 Å². The maximum absolute atomic E-state index is 9.38. The smallest absolute Gasteiger partial charge is 0.0662 e. The van der Waals surface area contributed by atoms with E-state index in [1.807, 2.05) is 6.92 Å². The summed E-state index contributed by atoms with van der Waals surface area (Å²) in [5.41, 5.74) is 0. The monoisotopic (exact) mass is 199 g/mol. The molecule has 14 heavy (non-hydrogen) atoms. The molecule has 1 aliphatic rings. The molecule has 1 saturated carbocycles. The molecule has 0 amide bonds. The lowest BCUT2D eigenvalue weighted by atomic mass is 10.0. The van der Waals surface area contributed by atoms with E-state index in [1.165, 1.54) is 38.5 Å². The maximum atomic E-state index is 9.38. The summed E-state index contributed by atoms with van der Waals surface area (Å²) in [6.45, 7) is 3.90. The Morgan fingerprint density at radius 1 is 1.21 bits per heavy atom. The Morgan fingerprint density at radius 2 is 1.86 bits per heavy atom. The second-order valence-electron chi connectivity index (χ2n) is 4.58. The predicted molar refractivity (Wildman–Crippen MR) is 60.4 cm³/mol. The fraction of sp³-hybridized carbons (Fsp3) is 1.00. The van der Waals surface area contributed by atoms with E-state index >= 15 is 0 Å². The summed E-state index contributed by atoms with van der Waals surface area (Å²) in [5.74, 6) is 0.863. The molecular formula is C12H25NO. The third-order valence-electron chi connectivity index (χ3n) is 3.26. The number of aliphatic hydroxyl groups is 1. The highest BCUT2D eigenvalue weighted by Gasteiger charge is 2.11. The number of hydrogen-bond donors (Lipinski definition) is 2. The van der Waals surface area contributed by atoms with Gasteiger partial charge in [-0.3, -0.25) is 0 Å². The third-order valence-corrected chi connectivity index (χ3v) is 3.26. The van der Waals surface area contributed by atoms with Crippen molar-refractivity contribution in [2.75, 3.05) is 13.1 Å². The molecular weight excluding hydrogens is 174 g/mol.